The van der Waals surface area contributed by atoms with Crippen LogP contribution in [0.1, 0.15) is 17.3 Å². The van der Waals surface area contributed by atoms with E-state index in [9.17, 15) is 4.39 Å². The van der Waals surface area contributed by atoms with Crippen LogP contribution in [-0.2, 0) is 0 Å². The molecule has 0 spiro atoms. The summed E-state index contributed by atoms with van der Waals surface area (Å²) in [5.41, 5.74) is 2.03. The number of ether oxygens (including phenoxy) is 2. The van der Waals surface area contributed by atoms with Crippen molar-refractivity contribution in [3.63, 3.8) is 0 Å². The first kappa shape index (κ1) is 17.9. The highest BCUT2D eigenvalue weighted by molar-refractivity contribution is 6.31. The molecule has 1 N–H and O–H groups in total. The molecule has 0 saturated heterocycles. The number of benzene rings is 2. The highest BCUT2D eigenvalue weighted by Crippen LogP contribution is 2.36. The Morgan fingerprint density at radius 3 is 2.69 bits per heavy atom. The quantitative estimate of drug-likeness (QED) is 0.628. The number of nitrogens with zero attached hydrogens (tertiary/aromatic N) is 2. The van der Waals surface area contributed by atoms with E-state index in [4.69, 9.17) is 26.1 Å². The summed E-state index contributed by atoms with van der Waals surface area (Å²) in [7, 11) is 0. The van der Waals surface area contributed by atoms with Crippen LogP contribution in [0.3, 0.4) is 0 Å². The molecule has 2 aliphatic rings. The van der Waals surface area contributed by atoms with E-state index in [0.29, 0.717) is 46.8 Å². The van der Waals surface area contributed by atoms with Crippen LogP contribution in [0.15, 0.2) is 59.6 Å². The summed E-state index contributed by atoms with van der Waals surface area (Å²) in [6, 6.07) is 15.5. The van der Waals surface area contributed by atoms with Crippen LogP contribution in [0, 0.1) is 12.7 Å². The van der Waals surface area contributed by atoms with E-state index in [1.54, 1.807) is 12.1 Å². The maximum absolute atomic E-state index is 14.7. The van der Waals surface area contributed by atoms with Crippen LogP contribution in [0.25, 0.3) is 0 Å². The lowest BCUT2D eigenvalue weighted by molar-refractivity contribution is -0.543. The third kappa shape index (κ3) is 3.09. The van der Waals surface area contributed by atoms with Crippen molar-refractivity contribution in [2.75, 3.05) is 18.5 Å². The van der Waals surface area contributed by atoms with Crippen molar-refractivity contribution in [1.82, 2.24) is 0 Å². The largest absolute Gasteiger partial charge is 0.486 e. The lowest BCUT2D eigenvalue weighted by Gasteiger charge is -2.17. The Balaban J connectivity index is 1.67. The van der Waals surface area contributed by atoms with Gasteiger partial charge in [0, 0.05) is 12.1 Å². The van der Waals surface area contributed by atoms with Crippen molar-refractivity contribution in [3.05, 3.63) is 76.7 Å². The Kier molecular flexibility index (Phi) is 4.36. The Bertz CT molecular complexity index is 1130. The van der Waals surface area contributed by atoms with Crippen molar-refractivity contribution in [2.45, 2.75) is 13.0 Å². The van der Waals surface area contributed by atoms with Crippen molar-refractivity contribution in [1.29, 1.82) is 0 Å². The molecule has 7 heteroatoms. The molecule has 5 nitrogen and oxygen atoms in total. The molecule has 3 heterocycles. The summed E-state index contributed by atoms with van der Waals surface area (Å²) in [4.78, 5) is 4.86. The zero-order valence-electron chi connectivity index (χ0n) is 15.7. The maximum atomic E-state index is 14.7. The Hall–Kier alpha value is -3.12. The lowest BCUT2D eigenvalue weighted by Crippen LogP contribution is -2.43. The van der Waals surface area contributed by atoms with Gasteiger partial charge in [0.1, 0.15) is 24.7 Å². The average molecular weight is 411 g/mol. The molecule has 2 aliphatic heterocycles. The number of aromatic nitrogens is 1. The third-order valence-electron chi connectivity index (χ3n) is 5.02. The van der Waals surface area contributed by atoms with Gasteiger partial charge in [0.25, 0.3) is 5.84 Å². The number of rotatable bonds is 2. The first-order valence-electron chi connectivity index (χ1n) is 9.32. The number of aryl methyl sites for hydroxylation is 1. The fraction of sp³-hybridized carbons (Fsp3) is 0.182. The zero-order valence-corrected chi connectivity index (χ0v) is 16.4. The first-order valence-corrected chi connectivity index (χ1v) is 9.70. The van der Waals surface area contributed by atoms with E-state index in [1.807, 2.05) is 47.9 Å². The zero-order chi connectivity index (χ0) is 20.0. The summed E-state index contributed by atoms with van der Waals surface area (Å²) in [5, 5.41) is 3.71. The number of nitrogens with one attached hydrogen (secondary N) is 1. The van der Waals surface area contributed by atoms with Gasteiger partial charge in [0.05, 0.1) is 16.3 Å². The van der Waals surface area contributed by atoms with Gasteiger partial charge in [0.2, 0.25) is 5.82 Å². The normalized spacial score (nSPS) is 18.4. The monoisotopic (exact) mass is 410 g/mol. The molecule has 2 aromatic carbocycles. The minimum absolute atomic E-state index is 0.350. The highest BCUT2D eigenvalue weighted by atomic mass is 35.5. The van der Waals surface area contributed by atoms with E-state index < -0.39 is 6.04 Å². The molecular weight excluding hydrogens is 393 g/mol. The van der Waals surface area contributed by atoms with Crippen molar-refractivity contribution in [3.8, 4) is 11.5 Å². The van der Waals surface area contributed by atoms with Gasteiger partial charge in [-0.25, -0.2) is 8.96 Å². The van der Waals surface area contributed by atoms with E-state index in [-0.39, 0.29) is 5.82 Å². The van der Waals surface area contributed by atoms with E-state index >= 15 is 0 Å². The molecule has 0 bridgehead atoms. The lowest BCUT2D eigenvalue weighted by atomic mass is 10.1. The SMILES string of the molecule is Cc1cccc2[n+]1C(=Nc1ccc3c(c1)OCCO3)C(c1c(F)cccc1Cl)N2. The van der Waals surface area contributed by atoms with E-state index in [1.165, 1.54) is 6.07 Å². The second kappa shape index (κ2) is 7.04. The van der Waals surface area contributed by atoms with Crippen LogP contribution in [-0.4, -0.2) is 19.0 Å². The Labute approximate surface area is 172 Å². The molecule has 5 rings (SSSR count). The van der Waals surface area contributed by atoms with Gasteiger partial charge in [-0.3, -0.25) is 5.32 Å². The standard InChI is InChI=1S/C22H17ClFN3O2/c1-13-4-2-7-19-26-21(20-15(23)5-3-6-16(20)24)22(27(13)19)25-14-8-9-17-18(12-14)29-11-10-28-17/h2-9,12,21H,10-11H2,1H3/p+1. The van der Waals surface area contributed by atoms with Gasteiger partial charge in [-0.2, -0.15) is 0 Å². The summed E-state index contributed by atoms with van der Waals surface area (Å²) in [6.45, 7) is 3.01. The average Bonchev–Trinajstić information content (AvgIpc) is 3.07. The number of hydrogen-bond acceptors (Lipinski definition) is 4. The second-order valence-electron chi connectivity index (χ2n) is 6.90. The van der Waals surface area contributed by atoms with Crippen LogP contribution in [0.2, 0.25) is 5.02 Å². The van der Waals surface area contributed by atoms with Gasteiger partial charge < -0.3 is 9.47 Å². The molecule has 1 unspecified atom stereocenters. The van der Waals surface area contributed by atoms with Gasteiger partial charge in [-0.15, -0.1) is 4.99 Å². The Morgan fingerprint density at radius 1 is 1.07 bits per heavy atom. The van der Waals surface area contributed by atoms with Gasteiger partial charge in [0.15, 0.2) is 17.5 Å². The van der Waals surface area contributed by atoms with E-state index in [2.05, 4.69) is 5.32 Å². The number of hydrogen-bond donors (Lipinski definition) is 1. The number of pyridine rings is 1. The van der Waals surface area contributed by atoms with E-state index in [0.717, 1.165) is 11.5 Å². The van der Waals surface area contributed by atoms with Gasteiger partial charge >= 0.3 is 0 Å². The second-order valence-corrected chi connectivity index (χ2v) is 7.31. The van der Waals surface area contributed by atoms with Crippen molar-refractivity contribution >= 4 is 28.9 Å². The van der Waals surface area contributed by atoms with Crippen LogP contribution in [0.4, 0.5) is 15.9 Å². The molecule has 0 amide bonds. The summed E-state index contributed by atoms with van der Waals surface area (Å²) in [5.74, 6) is 2.44. The maximum Gasteiger partial charge on any atom is 0.285 e. The number of anilines is 1. The van der Waals surface area contributed by atoms with Crippen LogP contribution >= 0.6 is 11.6 Å². The van der Waals surface area contributed by atoms with Crippen LogP contribution < -0.4 is 19.4 Å². The van der Waals surface area contributed by atoms with Crippen molar-refractivity contribution < 1.29 is 18.4 Å². The predicted molar refractivity (Wildman–Crippen MR) is 109 cm³/mol. The molecule has 29 heavy (non-hydrogen) atoms. The summed E-state index contributed by atoms with van der Waals surface area (Å²) in [6.07, 6.45) is 0. The fourth-order valence-electron chi connectivity index (χ4n) is 3.71. The number of halogens is 2. The van der Waals surface area contributed by atoms with Crippen molar-refractivity contribution in [2.24, 2.45) is 4.99 Å². The number of aliphatic imine (C=N–C) groups is 1. The first-order chi connectivity index (χ1) is 14.1. The Morgan fingerprint density at radius 2 is 1.86 bits per heavy atom. The minimum Gasteiger partial charge on any atom is -0.486 e. The minimum atomic E-state index is -0.530. The van der Waals surface area contributed by atoms with Gasteiger partial charge in [-0.1, -0.05) is 23.7 Å². The molecule has 0 aliphatic carbocycles. The smallest absolute Gasteiger partial charge is 0.285 e. The molecule has 0 saturated carbocycles. The fourth-order valence-corrected chi connectivity index (χ4v) is 3.98. The highest BCUT2D eigenvalue weighted by Gasteiger charge is 2.40. The molecule has 1 atom stereocenters. The topological polar surface area (TPSA) is 46.7 Å². The summed E-state index contributed by atoms with van der Waals surface area (Å²) >= 11 is 6.37. The van der Waals surface area contributed by atoms with Gasteiger partial charge in [-0.05, 0) is 37.3 Å². The molecular formula is C22H18ClFN3O2+. The molecule has 146 valence electrons. The third-order valence-corrected chi connectivity index (χ3v) is 5.35. The molecule has 3 aromatic rings. The predicted octanol–water partition coefficient (Wildman–Crippen LogP) is 4.59. The summed E-state index contributed by atoms with van der Waals surface area (Å²) < 4.78 is 28.0. The number of fused-ring (bicyclic) bond motifs is 2. The molecule has 0 fully saturated rings. The van der Waals surface area contributed by atoms with Crippen LogP contribution in [0.5, 0.6) is 11.5 Å². The molecule has 1 aromatic heterocycles. The molecule has 0 radical (unpaired) electrons.